The van der Waals surface area contributed by atoms with Crippen LogP contribution in [0.1, 0.15) is 27.2 Å². The highest BCUT2D eigenvalue weighted by molar-refractivity contribution is 5.96. The number of hydrogen-bond acceptors (Lipinski definition) is 6. The highest BCUT2D eigenvalue weighted by atomic mass is 16.5. The van der Waals surface area contributed by atoms with Crippen LogP contribution in [0.15, 0.2) is 76.3 Å². The summed E-state index contributed by atoms with van der Waals surface area (Å²) in [5.41, 5.74) is 9.00. The van der Waals surface area contributed by atoms with E-state index in [0.717, 1.165) is 5.56 Å². The third-order valence-electron chi connectivity index (χ3n) is 4.80. The second-order valence-electron chi connectivity index (χ2n) is 6.98. The summed E-state index contributed by atoms with van der Waals surface area (Å²) in [6.07, 6.45) is 1.54. The van der Waals surface area contributed by atoms with Gasteiger partial charge in [0.25, 0.3) is 5.91 Å². The van der Waals surface area contributed by atoms with E-state index in [1.165, 1.54) is 0 Å². The van der Waals surface area contributed by atoms with Crippen LogP contribution in [0.25, 0.3) is 11.0 Å². The highest BCUT2D eigenvalue weighted by Crippen LogP contribution is 2.22. The van der Waals surface area contributed by atoms with Crippen LogP contribution in [0, 0.1) is 6.92 Å². The van der Waals surface area contributed by atoms with Crippen LogP contribution in [0.3, 0.4) is 0 Å². The Morgan fingerprint density at radius 1 is 1.16 bits per heavy atom. The minimum Gasteiger partial charge on any atom is -0.489 e. The minimum absolute atomic E-state index is 0.0814. The summed E-state index contributed by atoms with van der Waals surface area (Å²) < 4.78 is 11.7. The molecule has 0 unspecified atom stereocenters. The van der Waals surface area contributed by atoms with Gasteiger partial charge in [-0.3, -0.25) is 9.78 Å². The van der Waals surface area contributed by atoms with Gasteiger partial charge in [-0.1, -0.05) is 30.3 Å². The fourth-order valence-electron chi connectivity index (χ4n) is 3.15. The van der Waals surface area contributed by atoms with Gasteiger partial charge in [0, 0.05) is 17.1 Å². The van der Waals surface area contributed by atoms with Gasteiger partial charge in [-0.2, -0.15) is 0 Å². The van der Waals surface area contributed by atoms with Gasteiger partial charge in [0.05, 0.1) is 18.0 Å². The molecule has 0 aliphatic carbocycles. The first-order valence-corrected chi connectivity index (χ1v) is 9.69. The van der Waals surface area contributed by atoms with Crippen molar-refractivity contribution in [1.29, 1.82) is 0 Å². The maximum absolute atomic E-state index is 12.0. The zero-order valence-electron chi connectivity index (χ0n) is 16.9. The summed E-state index contributed by atoms with van der Waals surface area (Å²) in [7, 11) is 0. The molecule has 4 rings (SSSR count). The first-order chi connectivity index (χ1) is 15.0. The Kier molecular flexibility index (Phi) is 5.77. The number of fused-ring (bicyclic) bond motifs is 1. The lowest BCUT2D eigenvalue weighted by molar-refractivity contribution is 0.0996. The molecule has 156 valence electrons. The van der Waals surface area contributed by atoms with Gasteiger partial charge < -0.3 is 20.0 Å². The summed E-state index contributed by atoms with van der Waals surface area (Å²) in [5.74, 6) is 0.0200. The molecule has 0 bridgehead atoms. The normalized spacial score (nSPS) is 11.6. The van der Waals surface area contributed by atoms with Crippen molar-refractivity contribution < 1.29 is 19.1 Å². The van der Waals surface area contributed by atoms with Gasteiger partial charge in [0.15, 0.2) is 5.58 Å². The largest absolute Gasteiger partial charge is 0.489 e. The molecule has 0 aliphatic heterocycles. The number of aryl methyl sites for hydroxylation is 1. The molecule has 4 aromatic rings. The Morgan fingerprint density at radius 3 is 2.58 bits per heavy atom. The number of pyridine rings is 1. The number of aliphatic hydroxyl groups excluding tert-OH is 1. The molecule has 2 aromatic carbocycles. The fraction of sp³-hybridized carbons (Fsp3) is 0.125. The average molecular weight is 415 g/mol. The van der Waals surface area contributed by atoms with Crippen molar-refractivity contribution >= 4 is 22.6 Å². The van der Waals surface area contributed by atoms with Crippen molar-refractivity contribution in [2.24, 2.45) is 10.7 Å². The van der Waals surface area contributed by atoms with Crippen LogP contribution in [0.4, 0.5) is 5.69 Å². The first-order valence-electron chi connectivity index (χ1n) is 9.69. The van der Waals surface area contributed by atoms with Crippen LogP contribution < -0.4 is 16.0 Å². The van der Waals surface area contributed by atoms with Gasteiger partial charge in [0.2, 0.25) is 5.55 Å². The van der Waals surface area contributed by atoms with E-state index in [-0.39, 0.29) is 17.7 Å². The lowest BCUT2D eigenvalue weighted by atomic mass is 10.1. The highest BCUT2D eigenvalue weighted by Gasteiger charge is 2.14. The molecule has 0 saturated carbocycles. The number of benzene rings is 2. The number of aliphatic hydroxyl groups is 1. The number of nitrogens with zero attached hydrogens (tertiary/aromatic N) is 2. The smallest absolute Gasteiger partial charge is 0.254 e. The summed E-state index contributed by atoms with van der Waals surface area (Å²) in [6, 6.07) is 18.6. The quantitative estimate of drug-likeness (QED) is 0.500. The van der Waals surface area contributed by atoms with E-state index in [2.05, 4.69) is 9.98 Å². The second kappa shape index (κ2) is 8.81. The number of amides is 1. The van der Waals surface area contributed by atoms with Crippen molar-refractivity contribution in [1.82, 2.24) is 4.98 Å². The lowest BCUT2D eigenvalue weighted by Gasteiger charge is -2.08. The Hall–Kier alpha value is -3.97. The molecule has 31 heavy (non-hydrogen) atoms. The molecule has 0 saturated heterocycles. The van der Waals surface area contributed by atoms with E-state index < -0.39 is 5.91 Å². The Balaban J connectivity index is 1.69. The molecule has 0 atom stereocenters. The fourth-order valence-corrected chi connectivity index (χ4v) is 3.15. The van der Waals surface area contributed by atoms with Gasteiger partial charge in [-0.15, -0.1) is 0 Å². The molecule has 2 heterocycles. The zero-order chi connectivity index (χ0) is 21.8. The first kappa shape index (κ1) is 20.3. The van der Waals surface area contributed by atoms with Gasteiger partial charge >= 0.3 is 0 Å². The average Bonchev–Trinajstić information content (AvgIpc) is 2.79. The van der Waals surface area contributed by atoms with Crippen LogP contribution in [-0.2, 0) is 13.2 Å². The number of ether oxygens (including phenoxy) is 1. The van der Waals surface area contributed by atoms with Crippen LogP contribution in [-0.4, -0.2) is 16.0 Å². The molecule has 0 radical (unpaired) electrons. The monoisotopic (exact) mass is 415 g/mol. The third-order valence-corrected chi connectivity index (χ3v) is 4.80. The summed E-state index contributed by atoms with van der Waals surface area (Å²) in [5, 5.41) is 10.1. The molecular weight excluding hydrogens is 394 g/mol. The summed E-state index contributed by atoms with van der Waals surface area (Å²) >= 11 is 0. The lowest BCUT2D eigenvalue weighted by Crippen LogP contribution is -2.22. The number of carbonyl (C=O) groups excluding carboxylic acids is 1. The van der Waals surface area contributed by atoms with Crippen molar-refractivity contribution in [2.75, 3.05) is 0 Å². The zero-order valence-corrected chi connectivity index (χ0v) is 16.9. The van der Waals surface area contributed by atoms with Crippen molar-refractivity contribution in [2.45, 2.75) is 20.1 Å². The summed E-state index contributed by atoms with van der Waals surface area (Å²) in [6.45, 7) is 2.00. The van der Waals surface area contributed by atoms with Gasteiger partial charge in [-0.05, 0) is 42.8 Å². The van der Waals surface area contributed by atoms with Gasteiger partial charge in [-0.25, -0.2) is 4.99 Å². The SMILES string of the molecule is Cc1ncc(CO)c2cc(C(N)=O)c(=Nc3ccc(OCc4ccccc4)cc3)oc12. The predicted octanol–water partition coefficient (Wildman–Crippen LogP) is 3.54. The molecule has 7 heteroatoms. The Morgan fingerprint density at radius 2 is 1.90 bits per heavy atom. The molecule has 3 N–H and O–H groups in total. The van der Waals surface area contributed by atoms with Crippen molar-refractivity contribution in [3.8, 4) is 5.75 Å². The standard InChI is InChI=1S/C24H21N3O4/c1-15-22-20(17(13-28)12-26-15)11-21(23(25)29)24(31-22)27-18-7-9-19(10-8-18)30-14-16-5-3-2-4-6-16/h2-12,28H,13-14H2,1H3,(H2,25,29). The number of primary amides is 1. The minimum atomic E-state index is -0.675. The number of carbonyl (C=O) groups is 1. The van der Waals surface area contributed by atoms with E-state index >= 15 is 0 Å². The number of rotatable bonds is 6. The van der Waals surface area contributed by atoms with Crippen LogP contribution in [0.2, 0.25) is 0 Å². The van der Waals surface area contributed by atoms with Crippen molar-refractivity contribution in [3.05, 3.63) is 94.8 Å². The summed E-state index contributed by atoms with van der Waals surface area (Å²) in [4.78, 5) is 20.7. The van der Waals surface area contributed by atoms with E-state index in [4.69, 9.17) is 14.9 Å². The van der Waals surface area contributed by atoms with Crippen LogP contribution in [0.5, 0.6) is 5.75 Å². The topological polar surface area (TPSA) is 111 Å². The van der Waals surface area contributed by atoms with Crippen LogP contribution >= 0.6 is 0 Å². The molecule has 1 amide bonds. The molecule has 2 aromatic heterocycles. The molecule has 7 nitrogen and oxygen atoms in total. The van der Waals surface area contributed by atoms with Crippen molar-refractivity contribution in [3.63, 3.8) is 0 Å². The maximum Gasteiger partial charge on any atom is 0.254 e. The van der Waals surface area contributed by atoms with E-state index in [9.17, 15) is 9.90 Å². The predicted molar refractivity (Wildman–Crippen MR) is 116 cm³/mol. The Bertz CT molecular complexity index is 1300. The molecular formula is C24H21N3O4. The number of hydrogen-bond donors (Lipinski definition) is 2. The molecule has 0 aliphatic rings. The number of nitrogens with two attached hydrogens (primary N) is 1. The molecule has 0 spiro atoms. The Labute approximate surface area is 178 Å². The van der Waals surface area contributed by atoms with E-state index in [0.29, 0.717) is 40.3 Å². The van der Waals surface area contributed by atoms with E-state index in [1.54, 1.807) is 43.5 Å². The molecule has 0 fully saturated rings. The van der Waals surface area contributed by atoms with Gasteiger partial charge in [0.1, 0.15) is 17.9 Å². The maximum atomic E-state index is 12.0. The second-order valence-corrected chi connectivity index (χ2v) is 6.98. The number of aromatic nitrogens is 1. The third kappa shape index (κ3) is 4.46. The van der Waals surface area contributed by atoms with E-state index in [1.807, 2.05) is 30.3 Å².